The number of nitrogens with zero attached hydrogens (tertiary/aromatic N) is 3. The molecule has 4 N–H and O–H groups in total. The van der Waals surface area contributed by atoms with Gasteiger partial charge in [-0.2, -0.15) is 0 Å². The summed E-state index contributed by atoms with van der Waals surface area (Å²) in [4.78, 5) is 91.9. The van der Waals surface area contributed by atoms with Gasteiger partial charge in [0, 0.05) is 43.3 Å². The number of thiazole rings is 1. The molecular formula is C46H68N6O9S. The molecule has 342 valence electrons. The van der Waals surface area contributed by atoms with Gasteiger partial charge in [0.05, 0.1) is 24.1 Å². The highest BCUT2D eigenvalue weighted by atomic mass is 32.1. The van der Waals surface area contributed by atoms with Crippen LogP contribution in [0, 0.1) is 29.6 Å². The predicted molar refractivity (Wildman–Crippen MR) is 239 cm³/mol. The monoisotopic (exact) mass is 880 g/mol. The molecule has 3 rings (SSSR count). The zero-order chi connectivity index (χ0) is 46.1. The fraction of sp³-hybridized carbons (Fsp3) is 0.630. The number of esters is 1. The summed E-state index contributed by atoms with van der Waals surface area (Å²) in [7, 11) is 1.91. The Balaban J connectivity index is 1.94. The van der Waals surface area contributed by atoms with Gasteiger partial charge < -0.3 is 25.8 Å². The first-order valence-corrected chi connectivity index (χ1v) is 22.6. The number of carboxylic acids is 1. The highest BCUT2D eigenvalue weighted by Crippen LogP contribution is 2.32. The van der Waals surface area contributed by atoms with E-state index in [9.17, 15) is 33.9 Å². The van der Waals surface area contributed by atoms with Crippen molar-refractivity contribution in [1.82, 2.24) is 25.6 Å². The number of hydrogen-bond donors (Lipinski definition) is 4. The second kappa shape index (κ2) is 24.7. The third-order valence-electron chi connectivity index (χ3n) is 11.3. The van der Waals surface area contributed by atoms with Gasteiger partial charge in [0.2, 0.25) is 11.8 Å². The number of carboxylic acid groups (broad SMARTS) is 1. The Morgan fingerprint density at radius 2 is 1.77 bits per heavy atom. The van der Waals surface area contributed by atoms with Crippen LogP contribution < -0.4 is 16.0 Å². The van der Waals surface area contributed by atoms with E-state index in [1.54, 1.807) is 38.3 Å². The van der Waals surface area contributed by atoms with Gasteiger partial charge in [-0.15, -0.1) is 23.7 Å². The molecule has 2 aromatic rings. The number of unbranched alkanes of at least 4 members (excludes halogenated alkanes) is 1. The van der Waals surface area contributed by atoms with Crippen molar-refractivity contribution in [2.24, 2.45) is 17.3 Å². The Morgan fingerprint density at radius 3 is 2.35 bits per heavy atom. The molecule has 1 aromatic heterocycles. The van der Waals surface area contributed by atoms with Crippen LogP contribution in [0.25, 0.3) is 0 Å². The Labute approximate surface area is 371 Å². The molecule has 0 unspecified atom stereocenters. The highest BCUT2D eigenvalue weighted by Gasteiger charge is 2.40. The van der Waals surface area contributed by atoms with E-state index in [0.29, 0.717) is 49.2 Å². The summed E-state index contributed by atoms with van der Waals surface area (Å²) >= 11 is 1.12. The highest BCUT2D eigenvalue weighted by molar-refractivity contribution is 7.09. The van der Waals surface area contributed by atoms with Crippen molar-refractivity contribution in [3.63, 3.8) is 0 Å². The molecule has 1 aliphatic heterocycles. The van der Waals surface area contributed by atoms with Crippen molar-refractivity contribution >= 4 is 52.6 Å². The number of ether oxygens (including phenoxy) is 1. The Morgan fingerprint density at radius 1 is 1.08 bits per heavy atom. The molecule has 1 saturated heterocycles. The Bertz CT molecular complexity index is 1860. The largest absolute Gasteiger partial charge is 0.481 e. The average molecular weight is 881 g/mol. The number of likely N-dealkylation sites (tertiary alicyclic amines) is 1. The van der Waals surface area contributed by atoms with Crippen LogP contribution in [0.15, 0.2) is 29.6 Å². The van der Waals surface area contributed by atoms with E-state index in [2.05, 4.69) is 26.9 Å². The average Bonchev–Trinajstić information content (AvgIpc) is 3.72. The summed E-state index contributed by atoms with van der Waals surface area (Å²) in [6.07, 6.45) is 9.44. The number of terminal acetylenes is 1. The molecule has 0 radical (unpaired) electrons. The number of amides is 4. The SMILES string of the molecule is C#CCCCON(C(=O)[C@@H](NC(=O)[C@H]1CCCCN1C)[C@@H](C)CC)[C@H](C[C@@H](OC(C)=O)c1nc(C(=O)N[C@@H](Cc2ccc(NC(=O)CC)cc2)CC(C)(C)C(=O)O)cs1)C(C)C. The molecule has 0 spiro atoms. The van der Waals surface area contributed by atoms with Crippen molar-refractivity contribution in [3.05, 3.63) is 45.9 Å². The van der Waals surface area contributed by atoms with E-state index >= 15 is 0 Å². The number of carbonyl (C=O) groups excluding carboxylic acids is 5. The lowest BCUT2D eigenvalue weighted by atomic mass is 9.84. The predicted octanol–water partition coefficient (Wildman–Crippen LogP) is 6.54. The summed E-state index contributed by atoms with van der Waals surface area (Å²) < 4.78 is 5.85. The molecule has 6 atom stereocenters. The van der Waals surface area contributed by atoms with Crippen LogP contribution >= 0.6 is 11.3 Å². The van der Waals surface area contributed by atoms with Gasteiger partial charge in [-0.05, 0) is 89.1 Å². The summed E-state index contributed by atoms with van der Waals surface area (Å²) in [6.45, 7) is 14.8. The molecule has 2 heterocycles. The fourth-order valence-electron chi connectivity index (χ4n) is 7.33. The number of hydroxylamine groups is 2. The maximum Gasteiger partial charge on any atom is 0.309 e. The summed E-state index contributed by atoms with van der Waals surface area (Å²) in [5.41, 5.74) is 0.306. The molecule has 1 fully saturated rings. The van der Waals surface area contributed by atoms with E-state index in [4.69, 9.17) is 16.0 Å². The normalized spacial score (nSPS) is 16.8. The van der Waals surface area contributed by atoms with Crippen molar-refractivity contribution < 1.29 is 43.4 Å². The fourth-order valence-corrected chi connectivity index (χ4v) is 8.17. The first kappa shape index (κ1) is 51.5. The van der Waals surface area contributed by atoms with Crippen LogP contribution in [0.5, 0.6) is 0 Å². The van der Waals surface area contributed by atoms with Crippen LogP contribution in [0.4, 0.5) is 5.69 Å². The van der Waals surface area contributed by atoms with E-state index in [-0.39, 0.29) is 54.8 Å². The van der Waals surface area contributed by atoms with E-state index < -0.39 is 53.4 Å². The minimum Gasteiger partial charge on any atom is -0.481 e. The number of carbonyl (C=O) groups is 6. The van der Waals surface area contributed by atoms with Crippen LogP contribution in [-0.4, -0.2) is 100.0 Å². The first-order chi connectivity index (χ1) is 29.3. The zero-order valence-electron chi connectivity index (χ0n) is 38.0. The standard InChI is InChI=1S/C46H68N6O9S/c1-11-14-17-24-60-52(44(57)40(30(6)12-2)50-42(56)36-18-15-16-23-51(36)10)37(29(4)5)26-38(61-31(7)53)43-49-35(28-62-43)41(55)48-34(27-46(8,9)45(58)59)25-32-19-21-33(22-20-32)47-39(54)13-3/h1,19-22,28-30,34,36-38,40H,12-18,23-27H2,2-10H3,(H,47,54)(H,48,55)(H,50,56)(H,58,59)/t30-,34-,36+,37+,38+,40-/m0/s1. The van der Waals surface area contributed by atoms with Crippen molar-refractivity contribution in [2.45, 2.75) is 150 Å². The molecule has 4 amide bonds. The van der Waals surface area contributed by atoms with Crippen LogP contribution in [0.3, 0.4) is 0 Å². The van der Waals surface area contributed by atoms with E-state index in [0.717, 1.165) is 36.3 Å². The number of aromatic nitrogens is 1. The van der Waals surface area contributed by atoms with Gasteiger partial charge in [-0.1, -0.05) is 59.6 Å². The van der Waals surface area contributed by atoms with Crippen LogP contribution in [0.2, 0.25) is 0 Å². The van der Waals surface area contributed by atoms with Gasteiger partial charge in [0.15, 0.2) is 6.10 Å². The molecule has 16 heteroatoms. The molecular weight excluding hydrogens is 813 g/mol. The minimum atomic E-state index is -1.18. The van der Waals surface area contributed by atoms with Crippen LogP contribution in [0.1, 0.15) is 140 Å². The Hall–Kier alpha value is -4.85. The molecule has 0 aliphatic carbocycles. The smallest absolute Gasteiger partial charge is 0.309 e. The molecule has 1 aromatic carbocycles. The van der Waals surface area contributed by atoms with E-state index in [1.165, 1.54) is 12.0 Å². The number of nitrogens with one attached hydrogen (secondary N) is 3. The number of rotatable bonds is 24. The topological polar surface area (TPSA) is 197 Å². The number of benzene rings is 1. The summed E-state index contributed by atoms with van der Waals surface area (Å²) in [5.74, 6) is -0.809. The molecule has 15 nitrogen and oxygen atoms in total. The van der Waals surface area contributed by atoms with Gasteiger partial charge >= 0.3 is 11.9 Å². The summed E-state index contributed by atoms with van der Waals surface area (Å²) in [5, 5.41) is 22.0. The zero-order valence-corrected chi connectivity index (χ0v) is 38.8. The number of hydrogen-bond acceptors (Lipinski definition) is 11. The maximum absolute atomic E-state index is 14.7. The summed E-state index contributed by atoms with van der Waals surface area (Å²) in [6, 6.07) is 4.58. The lowest BCUT2D eigenvalue weighted by Crippen LogP contribution is -2.58. The first-order valence-electron chi connectivity index (χ1n) is 21.8. The number of piperidine rings is 1. The quantitative estimate of drug-likeness (QED) is 0.0387. The third-order valence-corrected chi connectivity index (χ3v) is 12.3. The number of aliphatic carboxylic acids is 1. The molecule has 62 heavy (non-hydrogen) atoms. The van der Waals surface area contributed by atoms with Crippen molar-refractivity contribution in [3.8, 4) is 12.3 Å². The van der Waals surface area contributed by atoms with Crippen molar-refractivity contribution in [1.29, 1.82) is 0 Å². The molecule has 0 saturated carbocycles. The number of anilines is 1. The molecule has 1 aliphatic rings. The maximum atomic E-state index is 14.7. The van der Waals surface area contributed by atoms with Gasteiger partial charge in [-0.3, -0.25) is 38.5 Å². The third kappa shape index (κ3) is 15.5. The van der Waals surface area contributed by atoms with Crippen molar-refractivity contribution in [2.75, 3.05) is 25.5 Å². The second-order valence-corrected chi connectivity index (χ2v) is 18.1. The van der Waals surface area contributed by atoms with Gasteiger partial charge in [0.1, 0.15) is 16.7 Å². The second-order valence-electron chi connectivity index (χ2n) is 17.3. The lowest BCUT2D eigenvalue weighted by molar-refractivity contribution is -0.213. The lowest BCUT2D eigenvalue weighted by Gasteiger charge is -2.39. The Kier molecular flexibility index (Phi) is 20.5. The van der Waals surface area contributed by atoms with E-state index in [1.807, 2.05) is 51.8 Å². The number of likely N-dealkylation sites (N-methyl/N-ethyl adjacent to an activating group) is 1. The minimum absolute atomic E-state index is 0.0460. The van der Waals surface area contributed by atoms with Crippen LogP contribution in [-0.2, 0) is 40.0 Å². The van der Waals surface area contributed by atoms with Gasteiger partial charge in [0.25, 0.3) is 11.8 Å². The van der Waals surface area contributed by atoms with Gasteiger partial charge in [-0.25, -0.2) is 10.0 Å². The molecule has 0 bridgehead atoms.